The van der Waals surface area contributed by atoms with Crippen molar-refractivity contribution in [2.75, 3.05) is 0 Å². The molecule has 0 atom stereocenters. The Bertz CT molecular complexity index is 1160. The SMILES string of the molecule is CCCCCCCCCCCCCCCCCc1c(CCCCCCCCCC)c(CCCCCCCCCC)c(CCCCCCCCCC)c(CCCCCCCCCC)[n+]1CCCCCCCCCC. The fourth-order valence-corrected chi connectivity index (χ4v) is 12.6. The third kappa shape index (κ3) is 41.9. The van der Waals surface area contributed by atoms with Crippen molar-refractivity contribution in [2.45, 2.75) is 433 Å². The van der Waals surface area contributed by atoms with Gasteiger partial charge in [-0.2, -0.15) is 4.57 Å². The summed E-state index contributed by atoms with van der Waals surface area (Å²) in [5.74, 6) is 0. The first-order chi connectivity index (χ1) is 36.2. The zero-order valence-electron chi connectivity index (χ0n) is 52.1. The van der Waals surface area contributed by atoms with Crippen molar-refractivity contribution in [2.24, 2.45) is 0 Å². The van der Waals surface area contributed by atoms with Crippen LogP contribution in [0.3, 0.4) is 0 Å². The average molecular weight is 1020 g/mol. The van der Waals surface area contributed by atoms with E-state index in [0.717, 1.165) is 0 Å². The van der Waals surface area contributed by atoms with Crippen LogP contribution in [0.25, 0.3) is 0 Å². The second-order valence-corrected chi connectivity index (χ2v) is 24.6. The summed E-state index contributed by atoms with van der Waals surface area (Å²) in [5, 5.41) is 0. The molecule has 0 spiro atoms. The molecule has 432 valence electrons. The van der Waals surface area contributed by atoms with E-state index in [-0.39, 0.29) is 0 Å². The molecular weight excluding hydrogens is 879 g/mol. The number of unbranched alkanes of at least 4 members (excludes halogenated alkanes) is 49. The largest absolute Gasteiger partial charge is 0.199 e. The molecule has 0 radical (unpaired) electrons. The molecule has 0 N–H and O–H groups in total. The highest BCUT2D eigenvalue weighted by atomic mass is 15.0. The summed E-state index contributed by atoms with van der Waals surface area (Å²) in [6, 6.07) is 0. The zero-order valence-corrected chi connectivity index (χ0v) is 52.1. The lowest BCUT2D eigenvalue weighted by molar-refractivity contribution is -0.712. The summed E-state index contributed by atoms with van der Waals surface area (Å²) in [6.07, 6.45) is 85.8. The lowest BCUT2D eigenvalue weighted by Crippen LogP contribution is -2.46. The molecule has 0 saturated carbocycles. The van der Waals surface area contributed by atoms with Crippen LogP contribution >= 0.6 is 0 Å². The number of hydrogen-bond acceptors (Lipinski definition) is 0. The predicted octanol–water partition coefficient (Wildman–Crippen LogP) is 25.3. The van der Waals surface area contributed by atoms with Crippen LogP contribution in [0.15, 0.2) is 0 Å². The van der Waals surface area contributed by atoms with Gasteiger partial charge in [0.25, 0.3) is 0 Å². The molecule has 0 fully saturated rings. The number of pyridine rings is 1. The van der Waals surface area contributed by atoms with Gasteiger partial charge in [0.05, 0.1) is 0 Å². The molecule has 0 unspecified atom stereocenters. The summed E-state index contributed by atoms with van der Waals surface area (Å²) < 4.78 is 3.14. The van der Waals surface area contributed by atoms with Crippen molar-refractivity contribution in [1.82, 2.24) is 0 Å². The molecule has 0 bridgehead atoms. The Kier molecular flexibility index (Phi) is 55.1. The minimum absolute atomic E-state index is 1.29. The van der Waals surface area contributed by atoms with E-state index in [1.807, 2.05) is 28.1 Å². The summed E-state index contributed by atoms with van der Waals surface area (Å²) in [6.45, 7) is 15.5. The van der Waals surface area contributed by atoms with E-state index >= 15 is 0 Å². The van der Waals surface area contributed by atoms with E-state index in [9.17, 15) is 0 Å². The highest BCUT2D eigenvalue weighted by Gasteiger charge is 2.29. The number of hydrogen-bond donors (Lipinski definition) is 0. The summed E-state index contributed by atoms with van der Waals surface area (Å²) in [5.41, 5.74) is 9.47. The van der Waals surface area contributed by atoms with Gasteiger partial charge in [-0.3, -0.25) is 0 Å². The number of rotatable bonds is 61. The molecule has 0 saturated heterocycles. The second-order valence-electron chi connectivity index (χ2n) is 24.6. The van der Waals surface area contributed by atoms with Crippen LogP contribution in [-0.4, -0.2) is 0 Å². The maximum atomic E-state index is 3.14. The Hall–Kier alpha value is -0.850. The van der Waals surface area contributed by atoms with Crippen molar-refractivity contribution in [3.8, 4) is 0 Å². The Labute approximate surface area is 463 Å². The van der Waals surface area contributed by atoms with E-state index < -0.39 is 0 Å². The first-order valence-corrected chi connectivity index (χ1v) is 35.3. The Morgan fingerprint density at radius 3 is 0.548 bits per heavy atom. The minimum Gasteiger partial charge on any atom is -0.199 e. The minimum atomic E-state index is 1.29. The number of aromatic nitrogens is 1. The Balaban J connectivity index is 3.60. The molecule has 0 aliphatic rings. The molecule has 1 aromatic heterocycles. The van der Waals surface area contributed by atoms with Gasteiger partial charge in [0.15, 0.2) is 11.4 Å². The molecule has 1 heterocycles. The molecule has 1 aromatic rings. The summed E-state index contributed by atoms with van der Waals surface area (Å²) in [4.78, 5) is 0. The van der Waals surface area contributed by atoms with E-state index in [4.69, 9.17) is 0 Å². The zero-order chi connectivity index (χ0) is 52.6. The van der Waals surface area contributed by atoms with Crippen LogP contribution in [0.4, 0.5) is 0 Å². The third-order valence-corrected chi connectivity index (χ3v) is 17.4. The first kappa shape index (κ1) is 70.2. The van der Waals surface area contributed by atoms with Crippen molar-refractivity contribution in [3.63, 3.8) is 0 Å². The van der Waals surface area contributed by atoms with Gasteiger partial charge in [-0.15, -0.1) is 0 Å². The van der Waals surface area contributed by atoms with Gasteiger partial charge < -0.3 is 0 Å². The van der Waals surface area contributed by atoms with Gasteiger partial charge in [-0.05, 0) is 63.4 Å². The fourth-order valence-electron chi connectivity index (χ4n) is 12.6. The highest BCUT2D eigenvalue weighted by Crippen LogP contribution is 2.30. The monoisotopic (exact) mass is 1020 g/mol. The molecule has 1 nitrogen and oxygen atoms in total. The second kappa shape index (κ2) is 57.3. The number of nitrogens with zero attached hydrogens (tertiary/aromatic N) is 1. The van der Waals surface area contributed by atoms with Crippen molar-refractivity contribution < 1.29 is 4.57 Å². The van der Waals surface area contributed by atoms with Gasteiger partial charge >= 0.3 is 0 Å². The molecule has 0 amide bonds. The maximum absolute atomic E-state index is 3.14. The van der Waals surface area contributed by atoms with Crippen LogP contribution < -0.4 is 4.57 Å². The molecule has 1 heteroatoms. The van der Waals surface area contributed by atoms with E-state index in [2.05, 4.69) is 46.1 Å². The topological polar surface area (TPSA) is 3.88 Å². The fraction of sp³-hybridized carbons (Fsp3) is 0.931. The van der Waals surface area contributed by atoms with E-state index in [0.29, 0.717) is 0 Å². The van der Waals surface area contributed by atoms with Crippen LogP contribution in [0, 0.1) is 0 Å². The Morgan fingerprint density at radius 1 is 0.164 bits per heavy atom. The molecule has 73 heavy (non-hydrogen) atoms. The van der Waals surface area contributed by atoms with E-state index in [1.54, 1.807) is 0 Å². The average Bonchev–Trinajstić information content (AvgIpc) is 3.40. The molecule has 0 aliphatic heterocycles. The smallest absolute Gasteiger partial charge is 0.185 e. The normalized spacial score (nSPS) is 11.8. The summed E-state index contributed by atoms with van der Waals surface area (Å²) >= 11 is 0. The van der Waals surface area contributed by atoms with Crippen LogP contribution in [0.2, 0.25) is 0 Å². The van der Waals surface area contributed by atoms with Crippen LogP contribution in [0.5, 0.6) is 0 Å². The predicted molar refractivity (Wildman–Crippen MR) is 333 cm³/mol. The first-order valence-electron chi connectivity index (χ1n) is 35.3. The molecular formula is C72H140N+. The van der Waals surface area contributed by atoms with Crippen molar-refractivity contribution >= 4 is 0 Å². The Morgan fingerprint density at radius 2 is 0.329 bits per heavy atom. The third-order valence-electron chi connectivity index (χ3n) is 17.4. The van der Waals surface area contributed by atoms with Gasteiger partial charge in [0.2, 0.25) is 0 Å². The van der Waals surface area contributed by atoms with Crippen molar-refractivity contribution in [3.05, 3.63) is 28.1 Å². The van der Waals surface area contributed by atoms with E-state index in [1.165, 1.54) is 392 Å². The lowest BCUT2D eigenvalue weighted by Gasteiger charge is -2.23. The summed E-state index contributed by atoms with van der Waals surface area (Å²) in [7, 11) is 0. The molecule has 0 aromatic carbocycles. The van der Waals surface area contributed by atoms with Gasteiger partial charge in [0.1, 0.15) is 6.54 Å². The van der Waals surface area contributed by atoms with Gasteiger partial charge in [-0.25, -0.2) is 0 Å². The van der Waals surface area contributed by atoms with Gasteiger partial charge in [0, 0.05) is 30.4 Å². The quantitative estimate of drug-likeness (QED) is 0.0452. The highest BCUT2D eigenvalue weighted by molar-refractivity contribution is 5.39. The van der Waals surface area contributed by atoms with Crippen LogP contribution in [0.1, 0.15) is 423 Å². The maximum Gasteiger partial charge on any atom is 0.185 e. The standard InChI is InChI=1S/C72H140N/c1-7-13-19-25-31-37-38-39-40-41-42-43-48-54-60-66-72-70(64-58-52-46-34-28-22-16-10-4)68(62-56-50-44-32-26-20-14-8-2)69(63-57-51-45-33-27-21-15-9-3)71(65-59-53-47-35-29-23-17-11-5)73(72)67-61-55-49-36-30-24-18-12-6/h7-67H2,1-6H3/q+1. The molecule has 1 rings (SSSR count). The molecule has 0 aliphatic carbocycles. The van der Waals surface area contributed by atoms with Crippen molar-refractivity contribution in [1.29, 1.82) is 0 Å². The lowest BCUT2D eigenvalue weighted by atomic mass is 9.85. The van der Waals surface area contributed by atoms with Gasteiger partial charge in [-0.1, -0.05) is 350 Å². The van der Waals surface area contributed by atoms with Crippen LogP contribution in [-0.2, 0) is 38.6 Å².